The fourth-order valence-corrected chi connectivity index (χ4v) is 3.45. The fourth-order valence-electron chi connectivity index (χ4n) is 2.97. The summed E-state index contributed by atoms with van der Waals surface area (Å²) in [5, 5.41) is 0. The van der Waals surface area contributed by atoms with Gasteiger partial charge in [-0.2, -0.15) is 21.6 Å². The van der Waals surface area contributed by atoms with Crippen molar-refractivity contribution >= 4 is 10.1 Å². The van der Waals surface area contributed by atoms with Crippen LogP contribution in [0.2, 0.25) is 0 Å². The maximum absolute atomic E-state index is 12.3. The van der Waals surface area contributed by atoms with E-state index < -0.39 is 21.4 Å². The van der Waals surface area contributed by atoms with Crippen LogP contribution in [0.25, 0.3) is 0 Å². The second kappa shape index (κ2) is 9.41. The predicted octanol–water partition coefficient (Wildman–Crippen LogP) is 4.95. The number of allylic oxidation sites excluding steroid dienone is 3. The third kappa shape index (κ3) is 6.70. The summed E-state index contributed by atoms with van der Waals surface area (Å²) in [6, 6.07) is 9.75. The monoisotopic (exact) mass is 404 g/mol. The summed E-state index contributed by atoms with van der Waals surface area (Å²) < 4.78 is 68.9. The van der Waals surface area contributed by atoms with Crippen molar-refractivity contribution < 1.29 is 30.5 Å². The van der Waals surface area contributed by atoms with E-state index in [9.17, 15) is 21.6 Å². The van der Waals surface area contributed by atoms with Crippen LogP contribution in [0, 0.1) is 11.8 Å². The minimum atomic E-state index is -5.65. The van der Waals surface area contributed by atoms with Gasteiger partial charge in [-0.25, -0.2) is 0 Å². The van der Waals surface area contributed by atoms with Crippen molar-refractivity contribution in [2.24, 2.45) is 11.8 Å². The summed E-state index contributed by atoms with van der Waals surface area (Å²) in [4.78, 5) is 0. The van der Waals surface area contributed by atoms with Crippen LogP contribution in [0.4, 0.5) is 13.2 Å². The minimum Gasteiger partial charge on any atom is -0.381 e. The molecule has 150 valence electrons. The third-order valence-electron chi connectivity index (χ3n) is 4.40. The lowest BCUT2D eigenvalue weighted by Crippen LogP contribution is -2.25. The Bertz CT molecular complexity index is 742. The van der Waals surface area contributed by atoms with Crippen molar-refractivity contribution in [3.8, 4) is 0 Å². The largest absolute Gasteiger partial charge is 0.534 e. The number of hydrogen-bond acceptors (Lipinski definition) is 4. The van der Waals surface area contributed by atoms with E-state index in [-0.39, 0.29) is 18.3 Å². The minimum absolute atomic E-state index is 0.0273. The average molecular weight is 404 g/mol. The van der Waals surface area contributed by atoms with Gasteiger partial charge in [-0.15, -0.1) is 0 Å². The zero-order chi connectivity index (χ0) is 19.9. The molecule has 1 aromatic carbocycles. The highest BCUT2D eigenvalue weighted by atomic mass is 32.2. The Morgan fingerprint density at radius 3 is 2.59 bits per heavy atom. The molecule has 0 aromatic heterocycles. The second-order valence-corrected chi connectivity index (χ2v) is 8.03. The van der Waals surface area contributed by atoms with Gasteiger partial charge in [0.25, 0.3) is 0 Å². The zero-order valence-corrected chi connectivity index (χ0v) is 15.6. The second-order valence-electron chi connectivity index (χ2n) is 6.49. The van der Waals surface area contributed by atoms with E-state index in [1.807, 2.05) is 42.5 Å². The van der Waals surface area contributed by atoms with Crippen LogP contribution in [0.5, 0.6) is 0 Å². The first kappa shape index (κ1) is 21.5. The van der Waals surface area contributed by atoms with E-state index in [1.165, 1.54) is 0 Å². The molecule has 1 aliphatic rings. The summed E-state index contributed by atoms with van der Waals surface area (Å²) in [5.74, 6) is -0.121. The SMILES string of the molecule is C=C(CC[C@@H]1C=CCC[C@@H]1COCc1ccccc1)OS(=O)(=O)C(F)(F)F. The predicted molar refractivity (Wildman–Crippen MR) is 95.9 cm³/mol. The molecule has 0 radical (unpaired) electrons. The Hall–Kier alpha value is -1.80. The van der Waals surface area contributed by atoms with Gasteiger partial charge >= 0.3 is 15.6 Å². The van der Waals surface area contributed by atoms with Crippen LogP contribution in [0.1, 0.15) is 31.2 Å². The highest BCUT2D eigenvalue weighted by molar-refractivity contribution is 7.87. The smallest absolute Gasteiger partial charge is 0.381 e. The van der Waals surface area contributed by atoms with Gasteiger partial charge in [-0.1, -0.05) is 49.1 Å². The number of benzene rings is 1. The zero-order valence-electron chi connectivity index (χ0n) is 14.8. The van der Waals surface area contributed by atoms with E-state index >= 15 is 0 Å². The molecular weight excluding hydrogens is 381 g/mol. The lowest BCUT2D eigenvalue weighted by molar-refractivity contribution is -0.0523. The van der Waals surface area contributed by atoms with Gasteiger partial charge in [0.15, 0.2) is 0 Å². The number of hydrogen-bond donors (Lipinski definition) is 0. The molecule has 0 aliphatic heterocycles. The van der Waals surface area contributed by atoms with E-state index in [0.717, 1.165) is 18.4 Å². The summed E-state index contributed by atoms with van der Waals surface area (Å²) in [6.45, 7) is 4.33. The molecule has 0 unspecified atom stereocenters. The lowest BCUT2D eigenvalue weighted by Gasteiger charge is -2.27. The van der Waals surface area contributed by atoms with Crippen LogP contribution in [0.3, 0.4) is 0 Å². The van der Waals surface area contributed by atoms with E-state index in [2.05, 4.69) is 10.8 Å². The Labute approximate surface area is 157 Å². The molecule has 0 amide bonds. The van der Waals surface area contributed by atoms with E-state index in [4.69, 9.17) is 4.74 Å². The highest BCUT2D eigenvalue weighted by Crippen LogP contribution is 2.32. The lowest BCUT2D eigenvalue weighted by atomic mass is 9.81. The first-order chi connectivity index (χ1) is 12.7. The Balaban J connectivity index is 1.81. The van der Waals surface area contributed by atoms with Crippen molar-refractivity contribution in [1.29, 1.82) is 0 Å². The van der Waals surface area contributed by atoms with Crippen molar-refractivity contribution in [3.63, 3.8) is 0 Å². The number of rotatable bonds is 9. The molecule has 0 N–H and O–H groups in total. The number of alkyl halides is 3. The normalized spacial score (nSPS) is 20.4. The maximum atomic E-state index is 12.3. The molecule has 2 rings (SSSR count). The molecule has 0 heterocycles. The molecule has 1 aliphatic carbocycles. The summed E-state index contributed by atoms with van der Waals surface area (Å²) in [7, 11) is -5.65. The molecule has 0 saturated heterocycles. The molecule has 8 heteroatoms. The summed E-state index contributed by atoms with van der Waals surface area (Å²) in [6.07, 6.45) is 6.32. The highest BCUT2D eigenvalue weighted by Gasteiger charge is 2.48. The first-order valence-corrected chi connectivity index (χ1v) is 10.1. The van der Waals surface area contributed by atoms with Crippen LogP contribution >= 0.6 is 0 Å². The molecule has 0 bridgehead atoms. The summed E-state index contributed by atoms with van der Waals surface area (Å²) >= 11 is 0. The van der Waals surface area contributed by atoms with Crippen molar-refractivity contribution in [3.05, 3.63) is 60.4 Å². The molecule has 2 atom stereocenters. The van der Waals surface area contributed by atoms with Crippen molar-refractivity contribution in [2.45, 2.75) is 37.8 Å². The molecule has 4 nitrogen and oxygen atoms in total. The summed E-state index contributed by atoms with van der Waals surface area (Å²) in [5.41, 5.74) is -4.38. The molecule has 0 fully saturated rings. The van der Waals surface area contributed by atoms with Crippen LogP contribution < -0.4 is 0 Å². The molecule has 27 heavy (non-hydrogen) atoms. The average Bonchev–Trinajstić information content (AvgIpc) is 2.60. The molecular formula is C19H23F3O4S. The van der Waals surface area contributed by atoms with Gasteiger partial charge in [-0.3, -0.25) is 0 Å². The Kier molecular flexibility index (Phi) is 7.49. The van der Waals surface area contributed by atoms with Crippen molar-refractivity contribution in [1.82, 2.24) is 0 Å². The topological polar surface area (TPSA) is 52.6 Å². The van der Waals surface area contributed by atoms with Gasteiger partial charge in [-0.05, 0) is 36.7 Å². The van der Waals surface area contributed by atoms with Gasteiger partial charge in [0.1, 0.15) is 5.76 Å². The Morgan fingerprint density at radius 2 is 1.93 bits per heavy atom. The number of halogens is 3. The van der Waals surface area contributed by atoms with Gasteiger partial charge in [0.05, 0.1) is 13.2 Å². The van der Waals surface area contributed by atoms with Gasteiger partial charge in [0, 0.05) is 6.42 Å². The van der Waals surface area contributed by atoms with Crippen LogP contribution in [-0.4, -0.2) is 20.5 Å². The number of ether oxygens (including phenoxy) is 1. The first-order valence-electron chi connectivity index (χ1n) is 8.66. The van der Waals surface area contributed by atoms with Crippen LogP contribution in [0.15, 0.2) is 54.8 Å². The molecule has 1 aromatic rings. The quantitative estimate of drug-likeness (QED) is 0.253. The van der Waals surface area contributed by atoms with E-state index in [1.54, 1.807) is 0 Å². The molecule has 0 spiro atoms. The van der Waals surface area contributed by atoms with Gasteiger partial charge in [0.2, 0.25) is 0 Å². The van der Waals surface area contributed by atoms with Crippen LogP contribution in [-0.2, 0) is 25.6 Å². The Morgan fingerprint density at radius 1 is 1.22 bits per heavy atom. The standard InChI is InChI=1S/C19H23F3O4S/c1-15(26-27(23,24)19(20,21)22)11-12-17-9-5-6-10-18(17)14-25-13-16-7-3-2-4-8-16/h2-5,7-9,17-18H,1,6,10-14H2/t17-,18+/m0/s1. The third-order valence-corrected chi connectivity index (χ3v) is 5.43. The fraction of sp³-hybridized carbons (Fsp3) is 0.474. The maximum Gasteiger partial charge on any atom is 0.534 e. The van der Waals surface area contributed by atoms with Gasteiger partial charge < -0.3 is 8.92 Å². The van der Waals surface area contributed by atoms with Crippen molar-refractivity contribution in [2.75, 3.05) is 6.61 Å². The van der Waals surface area contributed by atoms with E-state index in [0.29, 0.717) is 19.6 Å². The molecule has 0 saturated carbocycles.